The molecule has 6 heteroatoms. The maximum absolute atomic E-state index is 12.7. The number of aliphatic carboxylic acids is 1. The first kappa shape index (κ1) is 15.3. The first-order chi connectivity index (χ1) is 9.81. The van der Waals surface area contributed by atoms with E-state index in [4.69, 9.17) is 0 Å². The lowest BCUT2D eigenvalue weighted by molar-refractivity contribution is -0.142. The quantitative estimate of drug-likeness (QED) is 0.860. The third-order valence-electron chi connectivity index (χ3n) is 6.03. The maximum Gasteiger partial charge on any atom is 0.308 e. The molecule has 2 bridgehead atoms. The summed E-state index contributed by atoms with van der Waals surface area (Å²) in [7, 11) is -3.33. The van der Waals surface area contributed by atoms with Crippen LogP contribution in [0.25, 0.3) is 0 Å². The number of fused-ring (bicyclic) bond motifs is 3. The number of sulfonamides is 1. The van der Waals surface area contributed by atoms with Gasteiger partial charge in [0.25, 0.3) is 0 Å². The lowest BCUT2D eigenvalue weighted by Crippen LogP contribution is -2.43. The van der Waals surface area contributed by atoms with Crippen LogP contribution in [0, 0.1) is 23.2 Å². The van der Waals surface area contributed by atoms with Crippen molar-refractivity contribution >= 4 is 16.0 Å². The van der Waals surface area contributed by atoms with Crippen molar-refractivity contribution in [3.05, 3.63) is 0 Å². The Morgan fingerprint density at radius 3 is 2.24 bits per heavy atom. The summed E-state index contributed by atoms with van der Waals surface area (Å²) in [6, 6.07) is 0. The van der Waals surface area contributed by atoms with Crippen molar-refractivity contribution in [2.24, 2.45) is 23.2 Å². The lowest BCUT2D eigenvalue weighted by atomic mass is 9.62. The van der Waals surface area contributed by atoms with Gasteiger partial charge in [-0.05, 0) is 55.8 Å². The second kappa shape index (κ2) is 5.23. The fourth-order valence-corrected chi connectivity index (χ4v) is 6.74. The van der Waals surface area contributed by atoms with Crippen LogP contribution >= 0.6 is 0 Å². The van der Waals surface area contributed by atoms with Crippen LogP contribution in [-0.2, 0) is 14.8 Å². The van der Waals surface area contributed by atoms with Crippen molar-refractivity contribution in [1.29, 1.82) is 0 Å². The molecule has 0 aromatic heterocycles. The van der Waals surface area contributed by atoms with Crippen molar-refractivity contribution in [3.63, 3.8) is 0 Å². The van der Waals surface area contributed by atoms with E-state index in [-0.39, 0.29) is 23.6 Å². The van der Waals surface area contributed by atoms with Crippen molar-refractivity contribution in [1.82, 2.24) is 4.31 Å². The molecule has 0 aromatic carbocycles. The van der Waals surface area contributed by atoms with E-state index in [1.165, 1.54) is 23.6 Å². The number of hydrogen-bond acceptors (Lipinski definition) is 3. The fourth-order valence-electron chi connectivity index (χ4n) is 4.50. The second-order valence-electron chi connectivity index (χ2n) is 7.48. The molecule has 4 rings (SSSR count). The zero-order valence-electron chi connectivity index (χ0n) is 12.6. The number of hydrogen-bond donors (Lipinski definition) is 1. The molecule has 0 aromatic rings. The van der Waals surface area contributed by atoms with Crippen molar-refractivity contribution < 1.29 is 18.3 Å². The summed E-state index contributed by atoms with van der Waals surface area (Å²) in [5.74, 6) is -0.489. The van der Waals surface area contributed by atoms with Gasteiger partial charge in [0.15, 0.2) is 0 Å². The molecular weight excluding hydrogens is 290 g/mol. The highest BCUT2D eigenvalue weighted by Gasteiger charge is 2.47. The molecule has 5 nitrogen and oxygen atoms in total. The van der Waals surface area contributed by atoms with Gasteiger partial charge in [0.1, 0.15) is 0 Å². The van der Waals surface area contributed by atoms with Crippen LogP contribution in [0.4, 0.5) is 0 Å². The molecule has 0 radical (unpaired) electrons. The Bertz CT molecular complexity index is 508. The molecule has 1 aliphatic heterocycles. The average Bonchev–Trinajstić information content (AvgIpc) is 2.83. The molecule has 1 saturated heterocycles. The normalized spacial score (nSPS) is 40.5. The number of carbonyl (C=O) groups is 1. The van der Waals surface area contributed by atoms with Gasteiger partial charge >= 0.3 is 5.97 Å². The molecule has 0 amide bonds. The van der Waals surface area contributed by atoms with Gasteiger partial charge in [-0.2, -0.15) is 0 Å². The van der Waals surface area contributed by atoms with E-state index in [1.807, 2.05) is 6.92 Å². The highest BCUT2D eigenvalue weighted by molar-refractivity contribution is 7.89. The SMILES string of the molecule is C[C@@H]1CN(S(=O)(=O)CC23CCC(CC2)CC3)C[C@H]1C(=O)O. The Kier molecular flexibility index (Phi) is 3.81. The first-order valence-corrected chi connectivity index (χ1v) is 9.63. The highest BCUT2D eigenvalue weighted by atomic mass is 32.2. The van der Waals surface area contributed by atoms with Gasteiger partial charge in [0, 0.05) is 13.1 Å². The zero-order valence-corrected chi connectivity index (χ0v) is 13.4. The summed E-state index contributed by atoms with van der Waals surface area (Å²) in [6.45, 7) is 2.34. The molecule has 1 heterocycles. The van der Waals surface area contributed by atoms with Crippen LogP contribution < -0.4 is 0 Å². The smallest absolute Gasteiger partial charge is 0.308 e. The molecule has 3 aliphatic carbocycles. The molecule has 1 N–H and O–H groups in total. The van der Waals surface area contributed by atoms with Crippen LogP contribution in [0.15, 0.2) is 0 Å². The molecule has 0 spiro atoms. The highest BCUT2D eigenvalue weighted by Crippen LogP contribution is 2.51. The molecule has 120 valence electrons. The van der Waals surface area contributed by atoms with E-state index < -0.39 is 21.9 Å². The number of rotatable bonds is 4. The van der Waals surface area contributed by atoms with Gasteiger partial charge in [0.05, 0.1) is 11.7 Å². The van der Waals surface area contributed by atoms with Crippen LogP contribution in [0.2, 0.25) is 0 Å². The fraction of sp³-hybridized carbons (Fsp3) is 0.933. The Labute approximate surface area is 126 Å². The van der Waals surface area contributed by atoms with Gasteiger partial charge < -0.3 is 5.11 Å². The number of carboxylic acids is 1. The predicted molar refractivity (Wildman–Crippen MR) is 79.3 cm³/mol. The maximum atomic E-state index is 12.7. The third kappa shape index (κ3) is 2.84. The topological polar surface area (TPSA) is 74.7 Å². The Morgan fingerprint density at radius 2 is 1.76 bits per heavy atom. The summed E-state index contributed by atoms with van der Waals surface area (Å²) >= 11 is 0. The minimum atomic E-state index is -3.33. The van der Waals surface area contributed by atoms with Crippen LogP contribution in [0.3, 0.4) is 0 Å². The van der Waals surface area contributed by atoms with Crippen LogP contribution in [0.5, 0.6) is 0 Å². The summed E-state index contributed by atoms with van der Waals surface area (Å²) in [5.41, 5.74) is -0.0296. The van der Waals surface area contributed by atoms with E-state index in [0.29, 0.717) is 6.54 Å². The molecule has 4 aliphatic rings. The second-order valence-corrected chi connectivity index (χ2v) is 9.45. The number of carboxylic acid groups (broad SMARTS) is 1. The van der Waals surface area contributed by atoms with Gasteiger partial charge in [-0.1, -0.05) is 6.92 Å². The molecule has 2 atom stereocenters. The van der Waals surface area contributed by atoms with E-state index in [2.05, 4.69) is 0 Å². The van der Waals surface area contributed by atoms with Crippen molar-refractivity contribution in [2.75, 3.05) is 18.8 Å². The van der Waals surface area contributed by atoms with E-state index >= 15 is 0 Å². The third-order valence-corrected chi connectivity index (χ3v) is 8.09. The summed E-state index contributed by atoms with van der Waals surface area (Å²) in [5, 5.41) is 9.17. The zero-order chi connectivity index (χ0) is 15.3. The standard InChI is InChI=1S/C15H25NO4S/c1-11-8-16(9-13(11)14(17)18)21(19,20)10-15-5-2-12(3-6-15)4-7-15/h11-13H,2-10H2,1H3,(H,17,18)/t11-,12?,13-,15?/m1/s1. The van der Waals surface area contributed by atoms with E-state index in [0.717, 1.165) is 25.2 Å². The molecule has 4 fully saturated rings. The van der Waals surface area contributed by atoms with Gasteiger partial charge in [-0.15, -0.1) is 0 Å². The Morgan fingerprint density at radius 1 is 1.19 bits per heavy atom. The minimum absolute atomic E-state index is 0.0296. The van der Waals surface area contributed by atoms with Gasteiger partial charge in [-0.3, -0.25) is 4.79 Å². The summed E-state index contributed by atoms with van der Waals surface area (Å²) < 4.78 is 26.9. The predicted octanol–water partition coefficient (Wildman–Crippen LogP) is 1.94. The Balaban J connectivity index is 1.71. The molecule has 21 heavy (non-hydrogen) atoms. The van der Waals surface area contributed by atoms with E-state index in [1.54, 1.807) is 0 Å². The van der Waals surface area contributed by atoms with E-state index in [9.17, 15) is 18.3 Å². The van der Waals surface area contributed by atoms with Crippen molar-refractivity contribution in [2.45, 2.75) is 45.4 Å². The summed E-state index contributed by atoms with van der Waals surface area (Å²) in [4.78, 5) is 11.2. The van der Waals surface area contributed by atoms with Gasteiger partial charge in [0.2, 0.25) is 10.0 Å². The molecular formula is C15H25NO4S. The molecule has 3 saturated carbocycles. The minimum Gasteiger partial charge on any atom is -0.481 e. The van der Waals surface area contributed by atoms with Crippen LogP contribution in [0.1, 0.15) is 45.4 Å². The largest absolute Gasteiger partial charge is 0.481 e. The number of nitrogens with zero attached hydrogens (tertiary/aromatic N) is 1. The van der Waals surface area contributed by atoms with Crippen LogP contribution in [-0.4, -0.2) is 42.6 Å². The van der Waals surface area contributed by atoms with Crippen molar-refractivity contribution in [3.8, 4) is 0 Å². The lowest BCUT2D eigenvalue weighted by Gasteiger charge is -2.46. The Hall–Kier alpha value is -0.620. The summed E-state index contributed by atoms with van der Waals surface area (Å²) in [6.07, 6.45) is 6.60. The average molecular weight is 315 g/mol. The monoisotopic (exact) mass is 315 g/mol. The molecule has 0 unspecified atom stereocenters. The van der Waals surface area contributed by atoms with Gasteiger partial charge in [-0.25, -0.2) is 12.7 Å². The first-order valence-electron chi connectivity index (χ1n) is 8.02.